The minimum absolute atomic E-state index is 0.0478. The molecule has 1 aromatic carbocycles. The van der Waals surface area contributed by atoms with E-state index in [2.05, 4.69) is 0 Å². The molecule has 1 aliphatic rings. The van der Waals surface area contributed by atoms with E-state index in [9.17, 15) is 23.6 Å². The Balaban J connectivity index is 2.24. The van der Waals surface area contributed by atoms with Gasteiger partial charge in [-0.2, -0.15) is 4.31 Å². The fourth-order valence-corrected chi connectivity index (χ4v) is 4.38. The van der Waals surface area contributed by atoms with Gasteiger partial charge in [-0.05, 0) is 25.0 Å². The predicted octanol–water partition coefficient (Wildman–Crippen LogP) is 1.44. The molecule has 0 bridgehead atoms. The average Bonchev–Trinajstić information content (AvgIpc) is 2.35. The molecule has 0 aliphatic carbocycles. The molecular weight excluding hydrogens is 296 g/mol. The summed E-state index contributed by atoms with van der Waals surface area (Å²) in [7, 11) is -3.71. The van der Waals surface area contributed by atoms with Crippen molar-refractivity contribution >= 4 is 15.7 Å². The number of nitrogens with zero attached hydrogens (tertiary/aromatic N) is 2. The SMILES string of the molecule is CCCC1(O)CN(S(=O)(=O)c2ccc([N+](=O)[O-])cc2C)C1. The standard InChI is InChI=1S/C13H18N2O5S/c1-3-6-13(16)8-14(9-13)21(19,20)12-5-4-11(15(17)18)7-10(12)2/h4-5,7,16H,3,6,8-9H2,1-2H3. The summed E-state index contributed by atoms with van der Waals surface area (Å²) in [5, 5.41) is 20.8. The Bertz CT molecular complexity index is 665. The van der Waals surface area contributed by atoms with Gasteiger partial charge < -0.3 is 5.11 Å². The normalized spacial score (nSPS) is 18.2. The van der Waals surface area contributed by atoms with Gasteiger partial charge in [0.25, 0.3) is 5.69 Å². The second-order valence-electron chi connectivity index (χ2n) is 5.45. The molecule has 0 atom stereocenters. The minimum atomic E-state index is -3.71. The molecule has 1 fully saturated rings. The lowest BCUT2D eigenvalue weighted by atomic mass is 9.92. The van der Waals surface area contributed by atoms with Crippen molar-refractivity contribution in [2.24, 2.45) is 0 Å². The Morgan fingerprint density at radius 2 is 2.05 bits per heavy atom. The zero-order valence-corrected chi connectivity index (χ0v) is 12.8. The quantitative estimate of drug-likeness (QED) is 0.654. The Morgan fingerprint density at radius 1 is 1.43 bits per heavy atom. The maximum atomic E-state index is 12.5. The largest absolute Gasteiger partial charge is 0.387 e. The lowest BCUT2D eigenvalue weighted by Gasteiger charge is -2.45. The Kier molecular flexibility index (Phi) is 4.05. The van der Waals surface area contributed by atoms with Crippen LogP contribution in [-0.2, 0) is 10.0 Å². The first kappa shape index (κ1) is 15.9. The van der Waals surface area contributed by atoms with E-state index in [0.29, 0.717) is 12.0 Å². The Labute approximate surface area is 123 Å². The van der Waals surface area contributed by atoms with Crippen molar-refractivity contribution in [1.29, 1.82) is 0 Å². The highest BCUT2D eigenvalue weighted by molar-refractivity contribution is 7.89. The zero-order valence-electron chi connectivity index (χ0n) is 11.9. The van der Waals surface area contributed by atoms with Gasteiger partial charge >= 0.3 is 0 Å². The fraction of sp³-hybridized carbons (Fsp3) is 0.538. The summed E-state index contributed by atoms with van der Waals surface area (Å²) < 4.78 is 26.1. The van der Waals surface area contributed by atoms with E-state index in [0.717, 1.165) is 6.42 Å². The third-order valence-electron chi connectivity index (χ3n) is 3.64. The molecule has 1 aromatic rings. The van der Waals surface area contributed by atoms with Gasteiger partial charge in [-0.25, -0.2) is 8.42 Å². The first-order chi connectivity index (χ1) is 9.69. The van der Waals surface area contributed by atoms with Crippen molar-refractivity contribution in [2.45, 2.75) is 37.2 Å². The van der Waals surface area contributed by atoms with E-state index >= 15 is 0 Å². The van der Waals surface area contributed by atoms with E-state index < -0.39 is 20.5 Å². The van der Waals surface area contributed by atoms with Crippen LogP contribution < -0.4 is 0 Å². The van der Waals surface area contributed by atoms with Crippen LogP contribution in [0.25, 0.3) is 0 Å². The second-order valence-corrected chi connectivity index (χ2v) is 7.36. The van der Waals surface area contributed by atoms with Gasteiger partial charge in [-0.15, -0.1) is 0 Å². The number of hydrogen-bond donors (Lipinski definition) is 1. The zero-order chi connectivity index (χ0) is 15.8. The lowest BCUT2D eigenvalue weighted by molar-refractivity contribution is -0.385. The molecular formula is C13H18N2O5S. The third-order valence-corrected chi connectivity index (χ3v) is 5.60. The van der Waals surface area contributed by atoms with Crippen molar-refractivity contribution in [3.05, 3.63) is 33.9 Å². The summed E-state index contributed by atoms with van der Waals surface area (Å²) in [5.74, 6) is 0. The highest BCUT2D eigenvalue weighted by Gasteiger charge is 2.46. The van der Waals surface area contributed by atoms with E-state index in [1.165, 1.54) is 29.4 Å². The number of non-ortho nitro benzene ring substituents is 1. The van der Waals surface area contributed by atoms with Crippen molar-refractivity contribution < 1.29 is 18.4 Å². The van der Waals surface area contributed by atoms with Gasteiger partial charge in [0.05, 0.1) is 15.4 Å². The lowest BCUT2D eigenvalue weighted by Crippen LogP contribution is -2.63. The molecule has 2 rings (SSSR count). The van der Waals surface area contributed by atoms with E-state index in [1.807, 2.05) is 6.92 Å². The van der Waals surface area contributed by atoms with Crippen LogP contribution in [-0.4, -0.2) is 41.4 Å². The number of aryl methyl sites for hydroxylation is 1. The molecule has 1 saturated heterocycles. The van der Waals surface area contributed by atoms with Crippen molar-refractivity contribution in [1.82, 2.24) is 4.31 Å². The molecule has 1 aliphatic heterocycles. The van der Waals surface area contributed by atoms with Crippen LogP contribution in [0, 0.1) is 17.0 Å². The topological polar surface area (TPSA) is 101 Å². The molecule has 116 valence electrons. The number of aliphatic hydroxyl groups is 1. The molecule has 1 N–H and O–H groups in total. The van der Waals surface area contributed by atoms with Crippen LogP contribution >= 0.6 is 0 Å². The summed E-state index contributed by atoms with van der Waals surface area (Å²) in [6, 6.07) is 3.67. The summed E-state index contributed by atoms with van der Waals surface area (Å²) in [6.45, 7) is 3.59. The molecule has 0 amide bonds. The fourth-order valence-electron chi connectivity index (χ4n) is 2.58. The maximum Gasteiger partial charge on any atom is 0.269 e. The van der Waals surface area contributed by atoms with E-state index in [4.69, 9.17) is 0 Å². The second kappa shape index (κ2) is 5.36. The van der Waals surface area contributed by atoms with Crippen molar-refractivity contribution in [3.8, 4) is 0 Å². The van der Waals surface area contributed by atoms with Crippen LogP contribution in [0.4, 0.5) is 5.69 Å². The molecule has 0 aromatic heterocycles. The molecule has 21 heavy (non-hydrogen) atoms. The number of rotatable bonds is 5. The van der Waals surface area contributed by atoms with Crippen LogP contribution in [0.2, 0.25) is 0 Å². The van der Waals surface area contributed by atoms with Crippen LogP contribution in [0.15, 0.2) is 23.1 Å². The number of nitro benzene ring substituents is 1. The molecule has 0 saturated carbocycles. The third kappa shape index (κ3) is 2.92. The van der Waals surface area contributed by atoms with Gasteiger partial charge in [0.2, 0.25) is 10.0 Å². The number of hydrogen-bond acceptors (Lipinski definition) is 5. The van der Waals surface area contributed by atoms with Gasteiger partial charge in [-0.3, -0.25) is 10.1 Å². The smallest absolute Gasteiger partial charge is 0.269 e. The highest BCUT2D eigenvalue weighted by Crippen LogP contribution is 2.33. The monoisotopic (exact) mass is 314 g/mol. The van der Waals surface area contributed by atoms with Crippen LogP contribution in [0.5, 0.6) is 0 Å². The van der Waals surface area contributed by atoms with Crippen molar-refractivity contribution in [2.75, 3.05) is 13.1 Å². The van der Waals surface area contributed by atoms with Crippen LogP contribution in [0.1, 0.15) is 25.3 Å². The van der Waals surface area contributed by atoms with E-state index in [1.54, 1.807) is 0 Å². The number of sulfonamides is 1. The van der Waals surface area contributed by atoms with Gasteiger partial charge in [0.15, 0.2) is 0 Å². The molecule has 0 spiro atoms. The molecule has 0 unspecified atom stereocenters. The van der Waals surface area contributed by atoms with Gasteiger partial charge in [0, 0.05) is 25.2 Å². The number of β-amino-alcohol motifs (C(OH)–C–C–N with tert-alkyl or cyclic N) is 1. The van der Waals surface area contributed by atoms with Crippen molar-refractivity contribution in [3.63, 3.8) is 0 Å². The Morgan fingerprint density at radius 3 is 2.52 bits per heavy atom. The molecule has 1 heterocycles. The number of nitro groups is 1. The minimum Gasteiger partial charge on any atom is -0.387 e. The molecule has 8 heteroatoms. The summed E-state index contributed by atoms with van der Waals surface area (Å²) >= 11 is 0. The molecule has 7 nitrogen and oxygen atoms in total. The van der Waals surface area contributed by atoms with Gasteiger partial charge in [0.1, 0.15) is 0 Å². The van der Waals surface area contributed by atoms with E-state index in [-0.39, 0.29) is 23.7 Å². The average molecular weight is 314 g/mol. The Hall–Kier alpha value is -1.51. The first-order valence-electron chi connectivity index (χ1n) is 6.67. The summed E-state index contributed by atoms with van der Waals surface area (Å²) in [5.41, 5.74) is -0.760. The highest BCUT2D eigenvalue weighted by atomic mass is 32.2. The number of benzene rings is 1. The maximum absolute atomic E-state index is 12.5. The summed E-state index contributed by atoms with van der Waals surface area (Å²) in [4.78, 5) is 10.2. The van der Waals surface area contributed by atoms with Gasteiger partial charge in [-0.1, -0.05) is 13.3 Å². The predicted molar refractivity (Wildman–Crippen MR) is 76.5 cm³/mol. The first-order valence-corrected chi connectivity index (χ1v) is 8.11. The van der Waals surface area contributed by atoms with Crippen LogP contribution in [0.3, 0.4) is 0 Å². The molecule has 0 radical (unpaired) electrons. The summed E-state index contributed by atoms with van der Waals surface area (Å²) in [6.07, 6.45) is 1.33.